The third-order valence-electron chi connectivity index (χ3n) is 2.22. The van der Waals surface area contributed by atoms with Crippen molar-refractivity contribution in [3.8, 4) is 0 Å². The lowest BCUT2D eigenvalue weighted by Gasteiger charge is -2.17. The van der Waals surface area contributed by atoms with E-state index in [9.17, 15) is 13.6 Å². The summed E-state index contributed by atoms with van der Waals surface area (Å²) in [5.41, 5.74) is -0.0544. The molecule has 5 heteroatoms. The van der Waals surface area contributed by atoms with Crippen LogP contribution in [-0.2, 0) is 0 Å². The highest BCUT2D eigenvalue weighted by molar-refractivity contribution is 5.88. The number of urea groups is 1. The van der Waals surface area contributed by atoms with Crippen molar-refractivity contribution in [3.63, 3.8) is 0 Å². The maximum absolute atomic E-state index is 13.3. The van der Waals surface area contributed by atoms with E-state index in [1.54, 1.807) is 0 Å². The molecule has 0 saturated carbocycles. The number of amides is 2. The summed E-state index contributed by atoms with van der Waals surface area (Å²) in [5, 5.41) is 2.41. The van der Waals surface area contributed by atoms with Crippen LogP contribution >= 0.6 is 0 Å². The van der Waals surface area contributed by atoms with E-state index in [0.29, 0.717) is 0 Å². The van der Waals surface area contributed by atoms with Gasteiger partial charge in [-0.15, -0.1) is 0 Å². The molecule has 3 nitrogen and oxygen atoms in total. The maximum atomic E-state index is 13.3. The van der Waals surface area contributed by atoms with Gasteiger partial charge in [0.15, 0.2) is 0 Å². The van der Waals surface area contributed by atoms with E-state index >= 15 is 0 Å². The molecule has 78 valence electrons. The SMILES string of the molecule is O=C1N=CC(c2c(F)cccc2F)CN1. The lowest BCUT2D eigenvalue weighted by molar-refractivity contribution is 0.248. The van der Waals surface area contributed by atoms with Gasteiger partial charge in [0.1, 0.15) is 11.6 Å². The molecule has 1 heterocycles. The Morgan fingerprint density at radius 3 is 2.53 bits per heavy atom. The number of aliphatic imine (C=N–C) groups is 1. The van der Waals surface area contributed by atoms with E-state index in [4.69, 9.17) is 0 Å². The Bertz CT molecular complexity index is 411. The van der Waals surface area contributed by atoms with Crippen LogP contribution in [0.25, 0.3) is 0 Å². The Kier molecular flexibility index (Phi) is 2.45. The second-order valence-corrected chi connectivity index (χ2v) is 3.21. The smallest absolute Gasteiger partial charge is 0.335 e. The van der Waals surface area contributed by atoms with Gasteiger partial charge < -0.3 is 5.32 Å². The average Bonchev–Trinajstić information content (AvgIpc) is 2.20. The van der Waals surface area contributed by atoms with Crippen molar-refractivity contribution in [1.29, 1.82) is 0 Å². The van der Waals surface area contributed by atoms with Crippen molar-refractivity contribution >= 4 is 12.2 Å². The number of nitrogens with one attached hydrogen (secondary N) is 1. The minimum Gasteiger partial charge on any atom is -0.335 e. The third kappa shape index (κ3) is 1.86. The lowest BCUT2D eigenvalue weighted by Crippen LogP contribution is -2.32. The molecule has 1 aromatic carbocycles. The molecule has 0 spiro atoms. The standard InChI is InChI=1S/C10H8F2N2O/c11-7-2-1-3-8(12)9(7)6-4-13-10(15)14-5-6/h1-4,6H,5H2,(H,14,15). The molecule has 0 aliphatic carbocycles. The molecule has 0 radical (unpaired) electrons. The first-order valence-electron chi connectivity index (χ1n) is 4.44. The first kappa shape index (κ1) is 9.76. The van der Waals surface area contributed by atoms with E-state index in [-0.39, 0.29) is 12.1 Å². The third-order valence-corrected chi connectivity index (χ3v) is 2.22. The van der Waals surface area contributed by atoms with Crippen LogP contribution in [0, 0.1) is 11.6 Å². The molecule has 0 fully saturated rings. The van der Waals surface area contributed by atoms with Gasteiger partial charge in [0.05, 0.1) is 0 Å². The van der Waals surface area contributed by atoms with E-state index in [2.05, 4.69) is 10.3 Å². The number of rotatable bonds is 1. The van der Waals surface area contributed by atoms with Crippen LogP contribution in [0.5, 0.6) is 0 Å². The summed E-state index contributed by atoms with van der Waals surface area (Å²) in [6.45, 7) is 0.167. The molecule has 15 heavy (non-hydrogen) atoms. The molecule has 1 aliphatic rings. The van der Waals surface area contributed by atoms with Gasteiger partial charge in [-0.1, -0.05) is 6.07 Å². The summed E-state index contributed by atoms with van der Waals surface area (Å²) >= 11 is 0. The summed E-state index contributed by atoms with van der Waals surface area (Å²) in [6, 6.07) is 3.18. The normalized spacial score (nSPS) is 20.1. The van der Waals surface area contributed by atoms with Gasteiger partial charge in [0, 0.05) is 24.2 Å². The van der Waals surface area contributed by atoms with Crippen molar-refractivity contribution in [3.05, 3.63) is 35.4 Å². The molecule has 0 aromatic heterocycles. The van der Waals surface area contributed by atoms with Crippen LogP contribution in [0.3, 0.4) is 0 Å². The topological polar surface area (TPSA) is 41.5 Å². The molecule has 1 aliphatic heterocycles. The Hall–Kier alpha value is -1.78. The van der Waals surface area contributed by atoms with Gasteiger partial charge in [-0.2, -0.15) is 0 Å². The first-order valence-corrected chi connectivity index (χ1v) is 4.44. The fraction of sp³-hybridized carbons (Fsp3) is 0.200. The Balaban J connectivity index is 2.38. The van der Waals surface area contributed by atoms with E-state index in [1.165, 1.54) is 24.4 Å². The van der Waals surface area contributed by atoms with E-state index in [0.717, 1.165) is 0 Å². The quantitative estimate of drug-likeness (QED) is 0.755. The molecule has 0 bridgehead atoms. The minimum atomic E-state index is -0.623. The molecule has 2 rings (SSSR count). The monoisotopic (exact) mass is 210 g/mol. The molecule has 0 saturated heterocycles. The van der Waals surface area contributed by atoms with Crippen LogP contribution in [0.15, 0.2) is 23.2 Å². The fourth-order valence-electron chi connectivity index (χ4n) is 1.49. The molecular weight excluding hydrogens is 202 g/mol. The van der Waals surface area contributed by atoms with Crippen LogP contribution in [0.2, 0.25) is 0 Å². The molecular formula is C10H8F2N2O. The second kappa shape index (κ2) is 3.76. The number of benzene rings is 1. The first-order chi connectivity index (χ1) is 7.18. The van der Waals surface area contributed by atoms with Crippen molar-refractivity contribution in [2.24, 2.45) is 4.99 Å². The predicted molar refractivity (Wildman–Crippen MR) is 51.0 cm³/mol. The van der Waals surface area contributed by atoms with Crippen LogP contribution < -0.4 is 5.32 Å². The summed E-state index contributed by atoms with van der Waals surface area (Å²) in [6.07, 6.45) is 1.26. The molecule has 1 unspecified atom stereocenters. The number of carbonyl (C=O) groups is 1. The molecule has 1 aromatic rings. The van der Waals surface area contributed by atoms with Gasteiger partial charge in [-0.05, 0) is 12.1 Å². The number of nitrogens with zero attached hydrogens (tertiary/aromatic N) is 1. The summed E-state index contributed by atoms with van der Waals surface area (Å²) < 4.78 is 26.6. The van der Waals surface area contributed by atoms with Gasteiger partial charge in [0.2, 0.25) is 0 Å². The van der Waals surface area contributed by atoms with Crippen molar-refractivity contribution < 1.29 is 13.6 Å². The summed E-state index contributed by atoms with van der Waals surface area (Å²) in [5.74, 6) is -1.78. The van der Waals surface area contributed by atoms with Crippen LogP contribution in [-0.4, -0.2) is 18.8 Å². The summed E-state index contributed by atoms with van der Waals surface area (Å²) in [7, 11) is 0. The molecule has 1 atom stereocenters. The highest BCUT2D eigenvalue weighted by Gasteiger charge is 2.21. The summed E-state index contributed by atoms with van der Waals surface area (Å²) in [4.78, 5) is 14.2. The second-order valence-electron chi connectivity index (χ2n) is 3.21. The van der Waals surface area contributed by atoms with Gasteiger partial charge >= 0.3 is 6.03 Å². The van der Waals surface area contributed by atoms with Crippen LogP contribution in [0.1, 0.15) is 11.5 Å². The van der Waals surface area contributed by atoms with Crippen LogP contribution in [0.4, 0.5) is 13.6 Å². The molecule has 1 N–H and O–H groups in total. The zero-order chi connectivity index (χ0) is 10.8. The highest BCUT2D eigenvalue weighted by atomic mass is 19.1. The number of hydrogen-bond acceptors (Lipinski definition) is 1. The van der Waals surface area contributed by atoms with Crippen molar-refractivity contribution in [2.75, 3.05) is 6.54 Å². The fourth-order valence-corrected chi connectivity index (χ4v) is 1.49. The molecule has 2 amide bonds. The Labute approximate surface area is 84.8 Å². The largest absolute Gasteiger partial charge is 0.340 e. The maximum Gasteiger partial charge on any atom is 0.340 e. The average molecular weight is 210 g/mol. The van der Waals surface area contributed by atoms with Crippen molar-refractivity contribution in [1.82, 2.24) is 5.32 Å². The van der Waals surface area contributed by atoms with Gasteiger partial charge in [-0.25, -0.2) is 18.6 Å². The number of hydrogen-bond donors (Lipinski definition) is 1. The minimum absolute atomic E-state index is 0.0544. The predicted octanol–water partition coefficient (Wildman–Crippen LogP) is 1.84. The zero-order valence-electron chi connectivity index (χ0n) is 7.71. The van der Waals surface area contributed by atoms with Gasteiger partial charge in [-0.3, -0.25) is 0 Å². The van der Waals surface area contributed by atoms with E-state index in [1.807, 2.05) is 0 Å². The Morgan fingerprint density at radius 1 is 1.33 bits per heavy atom. The zero-order valence-corrected chi connectivity index (χ0v) is 7.71. The van der Waals surface area contributed by atoms with E-state index < -0.39 is 23.6 Å². The Morgan fingerprint density at radius 2 is 2.00 bits per heavy atom. The highest BCUT2D eigenvalue weighted by Crippen LogP contribution is 2.22. The van der Waals surface area contributed by atoms with Crippen molar-refractivity contribution in [2.45, 2.75) is 5.92 Å². The number of halogens is 2. The number of carbonyl (C=O) groups excluding carboxylic acids is 1. The lowest BCUT2D eigenvalue weighted by atomic mass is 9.98. The van der Waals surface area contributed by atoms with Gasteiger partial charge in [0.25, 0.3) is 0 Å².